The number of carbonyl (C=O) groups excluding carboxylic acids is 1. The zero-order valence-electron chi connectivity index (χ0n) is 14.8. The number of nitrogens with zero attached hydrogens (tertiary/aromatic N) is 5. The molecule has 1 amide bonds. The van der Waals surface area contributed by atoms with Gasteiger partial charge in [0.2, 0.25) is 0 Å². The largest absolute Gasteiger partial charge is 0.355 e. The molecule has 0 bridgehead atoms. The van der Waals surface area contributed by atoms with Crippen LogP contribution in [0.25, 0.3) is 0 Å². The van der Waals surface area contributed by atoms with Crippen LogP contribution in [0.2, 0.25) is 0 Å². The molecule has 0 spiro atoms. The van der Waals surface area contributed by atoms with Crippen molar-refractivity contribution in [1.82, 2.24) is 20.1 Å². The summed E-state index contributed by atoms with van der Waals surface area (Å²) < 4.78 is 0. The van der Waals surface area contributed by atoms with Crippen molar-refractivity contribution in [3.63, 3.8) is 0 Å². The van der Waals surface area contributed by atoms with Crippen LogP contribution in [0.3, 0.4) is 0 Å². The van der Waals surface area contributed by atoms with Crippen molar-refractivity contribution < 1.29 is 4.79 Å². The molecule has 3 heterocycles. The second-order valence-corrected chi connectivity index (χ2v) is 8.32. The Morgan fingerprint density at radius 3 is 2.84 bits per heavy atom. The number of aryl methyl sites for hydroxylation is 2. The molecule has 2 aromatic heterocycles. The lowest BCUT2D eigenvalue weighted by Crippen LogP contribution is -2.39. The number of carbonyl (C=O) groups is 1. The maximum absolute atomic E-state index is 12.9. The Hall–Kier alpha value is -2.02. The minimum Gasteiger partial charge on any atom is -0.355 e. The molecule has 1 aliphatic heterocycles. The van der Waals surface area contributed by atoms with E-state index in [-0.39, 0.29) is 5.91 Å². The molecule has 7 heteroatoms. The van der Waals surface area contributed by atoms with Crippen LogP contribution in [-0.4, -0.2) is 52.2 Å². The predicted octanol–water partition coefficient (Wildman–Crippen LogP) is 2.54. The predicted molar refractivity (Wildman–Crippen MR) is 97.9 cm³/mol. The first-order valence-electron chi connectivity index (χ1n) is 8.78. The van der Waals surface area contributed by atoms with Crippen molar-refractivity contribution in [3.8, 4) is 0 Å². The number of likely N-dealkylation sites (tertiary alicyclic amines) is 1. The lowest BCUT2D eigenvalue weighted by atomic mass is 9.97. The van der Waals surface area contributed by atoms with E-state index in [1.54, 1.807) is 6.20 Å². The Balaban J connectivity index is 1.50. The number of amides is 1. The van der Waals surface area contributed by atoms with Gasteiger partial charge < -0.3 is 9.80 Å². The van der Waals surface area contributed by atoms with Gasteiger partial charge in [-0.15, -0.1) is 16.4 Å². The van der Waals surface area contributed by atoms with E-state index in [0.717, 1.165) is 40.9 Å². The Kier molecular flexibility index (Phi) is 4.19. The highest BCUT2D eigenvalue weighted by Gasteiger charge is 2.46. The molecule has 0 unspecified atom stereocenters. The molecule has 2 fully saturated rings. The molecule has 25 heavy (non-hydrogen) atoms. The smallest absolute Gasteiger partial charge is 0.265 e. The molecular weight excluding hydrogens is 334 g/mol. The molecule has 0 aromatic carbocycles. The SMILES string of the molecule is Cc1nc(C)c(C(=O)N2C[C@H]3CC[C@@H](N(C)c4cccnn4)[C@H]3C2)s1. The topological polar surface area (TPSA) is 62.2 Å². The van der Waals surface area contributed by atoms with Crippen LogP contribution in [0, 0.1) is 25.7 Å². The van der Waals surface area contributed by atoms with Crippen LogP contribution in [-0.2, 0) is 0 Å². The van der Waals surface area contributed by atoms with Gasteiger partial charge >= 0.3 is 0 Å². The Morgan fingerprint density at radius 1 is 1.32 bits per heavy atom. The molecule has 2 aromatic rings. The average Bonchev–Trinajstić information content (AvgIpc) is 3.28. The highest BCUT2D eigenvalue weighted by molar-refractivity contribution is 7.13. The number of hydrogen-bond acceptors (Lipinski definition) is 6. The first kappa shape index (κ1) is 16.4. The van der Waals surface area contributed by atoms with Crippen molar-refractivity contribution in [2.45, 2.75) is 32.7 Å². The summed E-state index contributed by atoms with van der Waals surface area (Å²) in [5.41, 5.74) is 0.859. The summed E-state index contributed by atoms with van der Waals surface area (Å²) in [6.45, 7) is 5.58. The molecule has 0 radical (unpaired) electrons. The normalized spacial score (nSPS) is 25.2. The lowest BCUT2D eigenvalue weighted by Gasteiger charge is -2.30. The fraction of sp³-hybridized carbons (Fsp3) is 0.556. The van der Waals surface area contributed by atoms with E-state index in [2.05, 4.69) is 27.1 Å². The van der Waals surface area contributed by atoms with Crippen molar-refractivity contribution in [3.05, 3.63) is 33.9 Å². The number of hydrogen-bond donors (Lipinski definition) is 0. The molecule has 3 atom stereocenters. The molecule has 6 nitrogen and oxygen atoms in total. The first-order chi connectivity index (χ1) is 12.0. The Bertz CT molecular complexity index is 777. The fourth-order valence-electron chi connectivity index (χ4n) is 4.41. The summed E-state index contributed by atoms with van der Waals surface area (Å²) in [5, 5.41) is 9.20. The van der Waals surface area contributed by atoms with Gasteiger partial charge in [-0.05, 0) is 44.7 Å². The third-order valence-corrected chi connectivity index (χ3v) is 6.68. The monoisotopic (exact) mass is 357 g/mol. The van der Waals surface area contributed by atoms with Gasteiger partial charge in [0.15, 0.2) is 5.82 Å². The number of aromatic nitrogens is 3. The van der Waals surface area contributed by atoms with Gasteiger partial charge in [-0.2, -0.15) is 5.10 Å². The van der Waals surface area contributed by atoms with Gasteiger partial charge in [0.25, 0.3) is 5.91 Å². The van der Waals surface area contributed by atoms with Crippen LogP contribution in [0.5, 0.6) is 0 Å². The van der Waals surface area contributed by atoms with Crippen LogP contribution in [0.1, 0.15) is 33.2 Å². The van der Waals surface area contributed by atoms with Crippen molar-refractivity contribution in [2.24, 2.45) is 11.8 Å². The van der Waals surface area contributed by atoms with E-state index < -0.39 is 0 Å². The second-order valence-electron chi connectivity index (χ2n) is 7.12. The highest BCUT2D eigenvalue weighted by atomic mass is 32.1. The average molecular weight is 357 g/mol. The number of anilines is 1. The molecule has 1 saturated heterocycles. The van der Waals surface area contributed by atoms with E-state index in [9.17, 15) is 4.79 Å². The van der Waals surface area contributed by atoms with Gasteiger partial charge in [0, 0.05) is 38.3 Å². The summed E-state index contributed by atoms with van der Waals surface area (Å²) in [6, 6.07) is 4.34. The molecule has 4 rings (SSSR count). The van der Waals surface area contributed by atoms with Crippen LogP contribution < -0.4 is 4.90 Å². The van der Waals surface area contributed by atoms with Gasteiger partial charge in [-0.3, -0.25) is 4.79 Å². The zero-order chi connectivity index (χ0) is 17.6. The number of thiazole rings is 1. The third-order valence-electron chi connectivity index (χ3n) is 5.62. The van der Waals surface area contributed by atoms with Gasteiger partial charge in [0.1, 0.15) is 4.88 Å². The van der Waals surface area contributed by atoms with Crippen LogP contribution >= 0.6 is 11.3 Å². The number of fused-ring (bicyclic) bond motifs is 1. The van der Waals surface area contributed by atoms with Gasteiger partial charge in [-0.25, -0.2) is 4.98 Å². The maximum atomic E-state index is 12.9. The van der Waals surface area contributed by atoms with E-state index in [1.807, 2.05) is 30.9 Å². The van der Waals surface area contributed by atoms with E-state index in [1.165, 1.54) is 17.8 Å². The van der Waals surface area contributed by atoms with E-state index >= 15 is 0 Å². The molecular formula is C18H23N5OS. The van der Waals surface area contributed by atoms with Crippen molar-refractivity contribution >= 4 is 23.1 Å². The molecule has 1 saturated carbocycles. The molecule has 132 valence electrons. The highest BCUT2D eigenvalue weighted by Crippen LogP contribution is 2.41. The lowest BCUT2D eigenvalue weighted by molar-refractivity contribution is 0.0783. The zero-order valence-corrected chi connectivity index (χ0v) is 15.7. The minimum atomic E-state index is 0.151. The summed E-state index contributed by atoms with van der Waals surface area (Å²) >= 11 is 1.51. The molecule has 0 N–H and O–H groups in total. The third kappa shape index (κ3) is 2.90. The summed E-state index contributed by atoms with van der Waals surface area (Å²) in [7, 11) is 2.10. The van der Waals surface area contributed by atoms with Crippen molar-refractivity contribution in [2.75, 3.05) is 25.0 Å². The van der Waals surface area contributed by atoms with Crippen molar-refractivity contribution in [1.29, 1.82) is 0 Å². The summed E-state index contributed by atoms with van der Waals surface area (Å²) in [5.74, 6) is 2.15. The standard InChI is InChI=1S/C18H23N5OS/c1-11-17(25-12(2)20-11)18(24)23-9-13-6-7-15(14(13)10-23)22(3)16-5-4-8-19-21-16/h4-5,8,13-15H,6-7,9-10H2,1-3H3/t13-,14+,15-/m1/s1. The number of rotatable bonds is 3. The van der Waals surface area contributed by atoms with Crippen LogP contribution in [0.15, 0.2) is 18.3 Å². The summed E-state index contributed by atoms with van der Waals surface area (Å²) in [6.07, 6.45) is 4.03. The van der Waals surface area contributed by atoms with Gasteiger partial charge in [-0.1, -0.05) is 0 Å². The summed E-state index contributed by atoms with van der Waals surface area (Å²) in [4.78, 5) is 22.4. The quantitative estimate of drug-likeness (QED) is 0.845. The second kappa shape index (κ2) is 6.37. The molecule has 2 aliphatic rings. The molecule has 1 aliphatic carbocycles. The fourth-order valence-corrected chi connectivity index (χ4v) is 5.30. The van der Waals surface area contributed by atoms with Crippen LogP contribution in [0.4, 0.5) is 5.82 Å². The Labute approximate surface area is 151 Å². The first-order valence-corrected chi connectivity index (χ1v) is 9.60. The maximum Gasteiger partial charge on any atom is 0.265 e. The minimum absolute atomic E-state index is 0.151. The Morgan fingerprint density at radius 2 is 2.16 bits per heavy atom. The van der Waals surface area contributed by atoms with Gasteiger partial charge in [0.05, 0.1) is 10.7 Å². The van der Waals surface area contributed by atoms with E-state index in [4.69, 9.17) is 0 Å². The van der Waals surface area contributed by atoms with E-state index in [0.29, 0.717) is 17.9 Å².